The standard InChI is InChI=1S/C23H22N4O6S.3H2/c1-2-32-17(29)8-12-4-6-15-18(12)19-21(30)26-20(27-23(19)34-15)22(31)24-9-11-3-5-14-13(7-11)25-16(28)10-33-14;;;/h3,5,7,12H,2,4,6,8-10H2,1H3,(H,24,31)(H,25,28)(H,26,27,30);3*1H. The SMILES string of the molecule is CCOC(=O)CC1CCc2sc3nc(C(=O)NCc4ccc5c(c4)NC(=O)CO5)[nH]c(=O)c3c21.[HH].[HH].[HH]. The molecule has 11 heteroatoms. The molecule has 0 fully saturated rings. The largest absolute Gasteiger partial charge is 0.482 e. The maximum atomic E-state index is 12.9. The fourth-order valence-electron chi connectivity index (χ4n) is 4.38. The van der Waals surface area contributed by atoms with E-state index in [4.69, 9.17) is 9.47 Å². The molecule has 182 valence electrons. The highest BCUT2D eigenvalue weighted by Crippen LogP contribution is 2.43. The second-order valence-corrected chi connectivity index (χ2v) is 9.21. The number of nitrogens with zero attached hydrogens (tertiary/aromatic N) is 1. The van der Waals surface area contributed by atoms with Gasteiger partial charge in [0.15, 0.2) is 6.61 Å². The first kappa shape index (κ1) is 22.1. The molecule has 2 aromatic heterocycles. The highest BCUT2D eigenvalue weighted by Gasteiger charge is 2.31. The average molecular weight is 489 g/mol. The van der Waals surface area contributed by atoms with Gasteiger partial charge in [0.1, 0.15) is 10.6 Å². The number of rotatable bonds is 6. The van der Waals surface area contributed by atoms with Crippen LogP contribution in [-0.2, 0) is 27.3 Å². The van der Waals surface area contributed by atoms with Crippen molar-refractivity contribution in [1.82, 2.24) is 15.3 Å². The monoisotopic (exact) mass is 488 g/mol. The Morgan fingerprint density at radius 2 is 2.21 bits per heavy atom. The summed E-state index contributed by atoms with van der Waals surface area (Å²) in [6.45, 7) is 2.22. The fraction of sp³-hybridized carbons (Fsp3) is 0.348. The Morgan fingerprint density at radius 1 is 1.35 bits per heavy atom. The maximum absolute atomic E-state index is 12.9. The molecular formula is C23H28N4O6S. The number of H-pyrrole nitrogens is 1. The van der Waals surface area contributed by atoms with Crippen LogP contribution in [0.5, 0.6) is 5.75 Å². The van der Waals surface area contributed by atoms with Crippen LogP contribution in [0.4, 0.5) is 5.69 Å². The minimum atomic E-state index is -0.520. The molecule has 0 saturated carbocycles. The summed E-state index contributed by atoms with van der Waals surface area (Å²) >= 11 is 1.39. The molecule has 0 bridgehead atoms. The quantitative estimate of drug-likeness (QED) is 0.453. The smallest absolute Gasteiger partial charge is 0.306 e. The van der Waals surface area contributed by atoms with E-state index in [0.29, 0.717) is 28.3 Å². The number of hydrogen-bond donors (Lipinski definition) is 3. The van der Waals surface area contributed by atoms with Crippen LogP contribution in [0.25, 0.3) is 10.2 Å². The molecule has 3 aromatic rings. The van der Waals surface area contributed by atoms with E-state index in [1.165, 1.54) is 11.3 Å². The van der Waals surface area contributed by atoms with Gasteiger partial charge in [-0.3, -0.25) is 19.2 Å². The number of hydrogen-bond acceptors (Lipinski definition) is 8. The average Bonchev–Trinajstić information content (AvgIpc) is 3.36. The normalized spacial score (nSPS) is 16.4. The molecule has 3 N–H and O–H groups in total. The number of aromatic nitrogens is 2. The van der Waals surface area contributed by atoms with E-state index in [0.717, 1.165) is 28.8 Å². The van der Waals surface area contributed by atoms with Gasteiger partial charge in [0.25, 0.3) is 17.4 Å². The lowest BCUT2D eigenvalue weighted by molar-refractivity contribution is -0.143. The summed E-state index contributed by atoms with van der Waals surface area (Å²) < 4.78 is 10.4. The van der Waals surface area contributed by atoms with Crippen LogP contribution in [0, 0.1) is 0 Å². The third kappa shape index (κ3) is 4.14. The van der Waals surface area contributed by atoms with Gasteiger partial charge in [0.2, 0.25) is 5.82 Å². The van der Waals surface area contributed by atoms with Crippen molar-refractivity contribution >= 4 is 45.0 Å². The molecule has 2 aliphatic rings. The van der Waals surface area contributed by atoms with E-state index in [1.54, 1.807) is 25.1 Å². The van der Waals surface area contributed by atoms with Gasteiger partial charge in [-0.25, -0.2) is 4.98 Å². The Balaban J connectivity index is 0.00000160. The van der Waals surface area contributed by atoms with Gasteiger partial charge in [0, 0.05) is 15.7 Å². The number of aromatic amines is 1. The van der Waals surface area contributed by atoms with E-state index in [-0.39, 0.29) is 47.5 Å². The van der Waals surface area contributed by atoms with Crippen LogP contribution in [-0.4, -0.2) is 41.0 Å². The number of benzene rings is 1. The van der Waals surface area contributed by atoms with E-state index in [9.17, 15) is 19.2 Å². The minimum Gasteiger partial charge on any atom is -0.482 e. The Hall–Kier alpha value is -3.73. The highest BCUT2D eigenvalue weighted by molar-refractivity contribution is 7.18. The minimum absolute atomic E-state index is 0. The number of aryl methyl sites for hydroxylation is 1. The summed E-state index contributed by atoms with van der Waals surface area (Å²) in [6, 6.07) is 5.23. The molecule has 1 atom stereocenters. The Morgan fingerprint density at radius 3 is 3.03 bits per heavy atom. The summed E-state index contributed by atoms with van der Waals surface area (Å²) in [4.78, 5) is 57.6. The highest BCUT2D eigenvalue weighted by atomic mass is 32.1. The van der Waals surface area contributed by atoms with Gasteiger partial charge >= 0.3 is 5.97 Å². The number of nitrogens with one attached hydrogen (secondary N) is 3. The van der Waals surface area contributed by atoms with Crippen molar-refractivity contribution < 1.29 is 28.1 Å². The Labute approximate surface area is 202 Å². The molecular weight excluding hydrogens is 460 g/mol. The number of anilines is 1. The number of carbonyl (C=O) groups excluding carboxylic acids is 3. The van der Waals surface area contributed by atoms with Gasteiger partial charge in [-0.1, -0.05) is 6.07 Å². The summed E-state index contributed by atoms with van der Waals surface area (Å²) in [6.07, 6.45) is 1.77. The van der Waals surface area contributed by atoms with Crippen LogP contribution >= 0.6 is 11.3 Å². The van der Waals surface area contributed by atoms with Crippen molar-refractivity contribution in [3.63, 3.8) is 0 Å². The fourth-order valence-corrected chi connectivity index (χ4v) is 5.65. The van der Waals surface area contributed by atoms with Crippen molar-refractivity contribution in [2.75, 3.05) is 18.5 Å². The van der Waals surface area contributed by atoms with Crippen molar-refractivity contribution in [2.24, 2.45) is 0 Å². The molecule has 0 saturated heterocycles. The topological polar surface area (TPSA) is 139 Å². The lowest BCUT2D eigenvalue weighted by Gasteiger charge is -2.18. The zero-order chi connectivity index (χ0) is 23.8. The van der Waals surface area contributed by atoms with Crippen molar-refractivity contribution in [3.8, 4) is 5.75 Å². The van der Waals surface area contributed by atoms with Gasteiger partial charge < -0.3 is 25.1 Å². The molecule has 1 unspecified atom stereocenters. The lowest BCUT2D eigenvalue weighted by atomic mass is 9.98. The number of ether oxygens (including phenoxy) is 2. The van der Waals surface area contributed by atoms with Gasteiger partial charge in [-0.2, -0.15) is 0 Å². The summed E-state index contributed by atoms with van der Waals surface area (Å²) in [7, 11) is 0. The first-order valence-electron chi connectivity index (χ1n) is 11.0. The first-order chi connectivity index (χ1) is 16.4. The molecule has 10 nitrogen and oxygen atoms in total. The predicted molar refractivity (Wildman–Crippen MR) is 131 cm³/mol. The summed E-state index contributed by atoms with van der Waals surface area (Å²) in [5.74, 6) is -0.635. The van der Waals surface area contributed by atoms with E-state index in [1.807, 2.05) is 0 Å². The molecule has 1 aromatic carbocycles. The van der Waals surface area contributed by atoms with Crippen LogP contribution in [0.1, 0.15) is 56.6 Å². The van der Waals surface area contributed by atoms with E-state index >= 15 is 0 Å². The van der Waals surface area contributed by atoms with Gasteiger partial charge in [-0.05, 0) is 48.9 Å². The third-order valence-electron chi connectivity index (χ3n) is 5.87. The predicted octanol–water partition coefficient (Wildman–Crippen LogP) is 2.97. The summed E-state index contributed by atoms with van der Waals surface area (Å²) in [5, 5.41) is 5.92. The van der Waals surface area contributed by atoms with E-state index in [2.05, 4.69) is 20.6 Å². The molecule has 1 aliphatic heterocycles. The Kier molecular flexibility index (Phi) is 5.78. The zero-order valence-electron chi connectivity index (χ0n) is 18.4. The van der Waals surface area contributed by atoms with Crippen LogP contribution in [0.15, 0.2) is 23.0 Å². The van der Waals surface area contributed by atoms with E-state index < -0.39 is 11.5 Å². The zero-order valence-corrected chi connectivity index (χ0v) is 19.2. The van der Waals surface area contributed by atoms with Gasteiger partial charge in [0.05, 0.1) is 24.1 Å². The Bertz CT molecular complexity index is 1390. The second kappa shape index (κ2) is 8.90. The van der Waals surface area contributed by atoms with Crippen molar-refractivity contribution in [2.45, 2.75) is 38.6 Å². The molecule has 3 heterocycles. The van der Waals surface area contributed by atoms with Crippen LogP contribution in [0.3, 0.4) is 0 Å². The first-order valence-corrected chi connectivity index (χ1v) is 11.8. The maximum Gasteiger partial charge on any atom is 0.306 e. The second-order valence-electron chi connectivity index (χ2n) is 8.13. The molecule has 1 aliphatic carbocycles. The molecule has 0 radical (unpaired) electrons. The number of esters is 1. The number of amides is 2. The third-order valence-corrected chi connectivity index (χ3v) is 7.03. The molecule has 34 heavy (non-hydrogen) atoms. The van der Waals surface area contributed by atoms with Crippen LogP contribution in [0.2, 0.25) is 0 Å². The van der Waals surface area contributed by atoms with Gasteiger partial charge in [-0.15, -0.1) is 11.3 Å². The van der Waals surface area contributed by atoms with Crippen LogP contribution < -0.4 is 20.9 Å². The van der Waals surface area contributed by atoms with Crippen molar-refractivity contribution in [3.05, 3.63) is 50.4 Å². The molecule has 2 amide bonds. The van der Waals surface area contributed by atoms with Crippen molar-refractivity contribution in [1.29, 1.82) is 0 Å². The lowest BCUT2D eigenvalue weighted by Crippen LogP contribution is -2.28. The molecule has 0 spiro atoms. The number of thiophene rings is 1. The molecule has 5 rings (SSSR count). The number of carbonyl (C=O) groups is 3. The number of fused-ring (bicyclic) bond motifs is 4. The summed E-state index contributed by atoms with van der Waals surface area (Å²) in [5.41, 5.74) is 1.75.